The predicted octanol–water partition coefficient (Wildman–Crippen LogP) is 2.14. The van der Waals surface area contributed by atoms with E-state index in [-0.39, 0.29) is 0 Å². The summed E-state index contributed by atoms with van der Waals surface area (Å²) >= 11 is 0. The number of nitrogens with zero attached hydrogens (tertiary/aromatic N) is 8. The normalized spacial score (nSPS) is 11.5. The van der Waals surface area contributed by atoms with Gasteiger partial charge in [-0.1, -0.05) is 25.7 Å². The van der Waals surface area contributed by atoms with Crippen LogP contribution in [0.2, 0.25) is 0 Å². The first-order valence-corrected chi connectivity index (χ1v) is 12.1. The third-order valence-electron chi connectivity index (χ3n) is 5.71. The number of anilines is 2. The van der Waals surface area contributed by atoms with Gasteiger partial charge in [0.1, 0.15) is 25.3 Å². The summed E-state index contributed by atoms with van der Waals surface area (Å²) in [5.74, 6) is 1.44. The van der Waals surface area contributed by atoms with Crippen LogP contribution in [-0.2, 0) is 0 Å². The maximum atomic E-state index is 5.56. The number of fused-ring (bicyclic) bond motifs is 2. The van der Waals surface area contributed by atoms with Gasteiger partial charge in [0.05, 0.1) is 0 Å². The van der Waals surface area contributed by atoms with Crippen molar-refractivity contribution in [1.29, 1.82) is 0 Å². The Kier molecular flexibility index (Phi) is 8.52. The Labute approximate surface area is 198 Å². The van der Waals surface area contributed by atoms with Crippen molar-refractivity contribution in [2.75, 3.05) is 36.8 Å². The number of unbranched alkanes of at least 4 members (excludes halogenated alkanes) is 6. The molecule has 182 valence electrons. The molecule has 0 aliphatic heterocycles. The van der Waals surface area contributed by atoms with E-state index in [1.165, 1.54) is 0 Å². The smallest absolute Gasteiger partial charge is 0.185 e. The number of hydrogen-bond acceptors (Lipinski definition) is 10. The van der Waals surface area contributed by atoms with Crippen LogP contribution >= 0.6 is 0 Å². The minimum Gasteiger partial charge on any atom is -0.368 e. The van der Waals surface area contributed by atoms with Crippen molar-refractivity contribution >= 4 is 34.0 Å². The van der Waals surface area contributed by atoms with Gasteiger partial charge >= 0.3 is 0 Å². The lowest BCUT2D eigenvalue weighted by atomic mass is 10.2. The zero-order valence-corrected chi connectivity index (χ0v) is 19.5. The highest BCUT2D eigenvalue weighted by atomic mass is 15.5. The van der Waals surface area contributed by atoms with E-state index in [2.05, 4.69) is 40.5 Å². The van der Waals surface area contributed by atoms with Crippen molar-refractivity contribution in [3.05, 3.63) is 25.3 Å². The summed E-state index contributed by atoms with van der Waals surface area (Å²) in [6.45, 7) is 3.15. The van der Waals surface area contributed by atoms with Crippen LogP contribution in [-0.4, -0.2) is 65.4 Å². The maximum absolute atomic E-state index is 5.56. The van der Waals surface area contributed by atoms with Crippen LogP contribution in [0.4, 0.5) is 11.6 Å². The Balaban J connectivity index is 1.47. The lowest BCUT2D eigenvalue weighted by Crippen LogP contribution is -2.10. The predicted molar refractivity (Wildman–Crippen MR) is 133 cm³/mol. The number of nitrogens with one attached hydrogen (secondary N) is 2. The van der Waals surface area contributed by atoms with Crippen molar-refractivity contribution in [2.45, 2.75) is 51.4 Å². The van der Waals surface area contributed by atoms with Crippen molar-refractivity contribution in [3.63, 3.8) is 0 Å². The number of hydrogen-bond donors (Lipinski definition) is 4. The van der Waals surface area contributed by atoms with E-state index < -0.39 is 0 Å². The van der Waals surface area contributed by atoms with Crippen molar-refractivity contribution < 1.29 is 0 Å². The first-order chi connectivity index (χ1) is 16.8. The molecule has 0 aliphatic rings. The summed E-state index contributed by atoms with van der Waals surface area (Å²) < 4.78 is 3.64. The van der Waals surface area contributed by atoms with Crippen LogP contribution in [0.3, 0.4) is 0 Å². The summed E-state index contributed by atoms with van der Waals surface area (Å²) in [5, 5.41) is 6.77. The molecule has 0 saturated carbocycles. The van der Waals surface area contributed by atoms with Crippen molar-refractivity contribution in [2.24, 2.45) is 11.5 Å². The highest BCUT2D eigenvalue weighted by Gasteiger charge is 2.15. The first kappa shape index (κ1) is 23.8. The second kappa shape index (κ2) is 12.2. The van der Waals surface area contributed by atoms with E-state index in [4.69, 9.17) is 11.5 Å². The molecule has 4 aromatic rings. The molecule has 0 amide bonds. The van der Waals surface area contributed by atoms with E-state index in [9.17, 15) is 0 Å². The van der Waals surface area contributed by atoms with Gasteiger partial charge in [-0.05, 0) is 38.8 Å². The van der Waals surface area contributed by atoms with E-state index in [1.807, 2.05) is 9.35 Å². The molecule has 4 heterocycles. The molecule has 0 atom stereocenters. The summed E-state index contributed by atoms with van der Waals surface area (Å²) in [6, 6.07) is 0. The standard InChI is InChI=1S/C22H34N12/c23-9-5-1-3-7-11-25-19-17-21(29-13-27-19)33(15-31-17)34-16-32-18-20(28-14-30-22(18)34)26-12-8-4-2-6-10-24/h13-16H,1-12,23-24H2,(H,25,27,29)(H,26,28,30). The van der Waals surface area contributed by atoms with Crippen molar-refractivity contribution in [3.8, 4) is 0 Å². The lowest BCUT2D eigenvalue weighted by Gasteiger charge is -2.08. The molecule has 0 saturated heterocycles. The van der Waals surface area contributed by atoms with Crippen LogP contribution in [0.25, 0.3) is 22.3 Å². The average Bonchev–Trinajstić information content (AvgIpc) is 3.48. The van der Waals surface area contributed by atoms with Crippen LogP contribution in [0, 0.1) is 0 Å². The second-order valence-electron chi connectivity index (χ2n) is 8.23. The molecule has 0 spiro atoms. The molecule has 34 heavy (non-hydrogen) atoms. The molecule has 0 bridgehead atoms. The molecule has 0 aromatic carbocycles. The van der Waals surface area contributed by atoms with Crippen molar-refractivity contribution in [1.82, 2.24) is 39.3 Å². The van der Waals surface area contributed by atoms with Gasteiger partial charge in [-0.25, -0.2) is 39.3 Å². The van der Waals surface area contributed by atoms with Gasteiger partial charge in [-0.15, -0.1) is 0 Å². The lowest BCUT2D eigenvalue weighted by molar-refractivity contribution is 0.661. The number of aromatic nitrogens is 8. The zero-order chi connectivity index (χ0) is 23.6. The zero-order valence-electron chi connectivity index (χ0n) is 19.5. The average molecular weight is 467 g/mol. The molecule has 6 N–H and O–H groups in total. The van der Waals surface area contributed by atoms with Crippen LogP contribution in [0.1, 0.15) is 51.4 Å². The van der Waals surface area contributed by atoms with Gasteiger partial charge in [-0.3, -0.25) is 0 Å². The fourth-order valence-corrected chi connectivity index (χ4v) is 3.88. The Bertz CT molecular complexity index is 1080. The third kappa shape index (κ3) is 5.57. The van der Waals surface area contributed by atoms with Gasteiger partial charge in [0.2, 0.25) is 0 Å². The molecule has 4 aromatic heterocycles. The van der Waals surface area contributed by atoms with Gasteiger partial charge < -0.3 is 22.1 Å². The molecule has 0 unspecified atom stereocenters. The Morgan fingerprint density at radius 1 is 0.559 bits per heavy atom. The third-order valence-corrected chi connectivity index (χ3v) is 5.71. The van der Waals surface area contributed by atoms with E-state index in [1.54, 1.807) is 25.3 Å². The Hall–Kier alpha value is -3.38. The summed E-state index contributed by atoms with van der Waals surface area (Å²) in [6.07, 6.45) is 15.3. The van der Waals surface area contributed by atoms with Gasteiger partial charge in [-0.2, -0.15) is 0 Å². The number of imidazole rings is 2. The second-order valence-corrected chi connectivity index (χ2v) is 8.23. The largest absolute Gasteiger partial charge is 0.368 e. The summed E-state index contributed by atoms with van der Waals surface area (Å²) in [5.41, 5.74) is 13.9. The highest BCUT2D eigenvalue weighted by Crippen LogP contribution is 2.22. The summed E-state index contributed by atoms with van der Waals surface area (Å²) in [4.78, 5) is 26.8. The molecular formula is C22H34N12. The molecule has 0 radical (unpaired) electrons. The van der Waals surface area contributed by atoms with Crippen LogP contribution in [0.15, 0.2) is 25.3 Å². The van der Waals surface area contributed by atoms with E-state index >= 15 is 0 Å². The quantitative estimate of drug-likeness (QED) is 0.191. The topological polar surface area (TPSA) is 163 Å². The number of rotatable bonds is 15. The van der Waals surface area contributed by atoms with E-state index in [0.29, 0.717) is 22.3 Å². The van der Waals surface area contributed by atoms with Gasteiger partial charge in [0, 0.05) is 13.1 Å². The van der Waals surface area contributed by atoms with Gasteiger partial charge in [0.25, 0.3) is 0 Å². The van der Waals surface area contributed by atoms with E-state index in [0.717, 1.165) is 89.2 Å². The molecule has 4 rings (SSSR count). The fraction of sp³-hybridized carbons (Fsp3) is 0.545. The fourth-order valence-electron chi connectivity index (χ4n) is 3.88. The first-order valence-electron chi connectivity index (χ1n) is 12.1. The Morgan fingerprint density at radius 2 is 1.00 bits per heavy atom. The monoisotopic (exact) mass is 466 g/mol. The van der Waals surface area contributed by atoms with Crippen LogP contribution in [0.5, 0.6) is 0 Å². The SMILES string of the molecule is NCCCCCCNc1ncnc2c1ncn2-n1cnc2c(NCCCCCCN)ncnc21. The molecule has 0 aliphatic carbocycles. The van der Waals surface area contributed by atoms with Crippen LogP contribution < -0.4 is 22.1 Å². The minimum absolute atomic E-state index is 0.674. The Morgan fingerprint density at radius 3 is 1.44 bits per heavy atom. The molecule has 12 nitrogen and oxygen atoms in total. The highest BCUT2D eigenvalue weighted by molar-refractivity contribution is 5.85. The van der Waals surface area contributed by atoms with Gasteiger partial charge in [0.15, 0.2) is 34.0 Å². The number of nitrogens with two attached hydrogens (primary N) is 2. The maximum Gasteiger partial charge on any atom is 0.185 e. The molecular weight excluding hydrogens is 432 g/mol. The minimum atomic E-state index is 0.674. The molecule has 12 heteroatoms. The summed E-state index contributed by atoms with van der Waals surface area (Å²) in [7, 11) is 0. The molecule has 0 fully saturated rings.